The van der Waals surface area contributed by atoms with Gasteiger partial charge in [0.15, 0.2) is 0 Å². The molecule has 4 heteroatoms. The maximum absolute atomic E-state index is 5.93. The molecule has 15 heavy (non-hydrogen) atoms. The van der Waals surface area contributed by atoms with Crippen LogP contribution in [0.25, 0.3) is 0 Å². The summed E-state index contributed by atoms with van der Waals surface area (Å²) in [5.41, 5.74) is 6.02. The summed E-state index contributed by atoms with van der Waals surface area (Å²) >= 11 is 7.57. The average Bonchev–Trinajstić information content (AvgIpc) is 2.76. The second-order valence-electron chi connectivity index (χ2n) is 4.21. The summed E-state index contributed by atoms with van der Waals surface area (Å²) in [6.45, 7) is 3.64. The Morgan fingerprint density at radius 1 is 1.67 bits per heavy atom. The average molecular weight is 246 g/mol. The molecule has 1 aliphatic heterocycles. The molecule has 0 aromatic carbocycles. The molecule has 2 nitrogen and oxygen atoms in total. The number of ether oxygens (including phenoxy) is 1. The minimum absolute atomic E-state index is 0.119. The van der Waals surface area contributed by atoms with Gasteiger partial charge in [0.1, 0.15) is 0 Å². The number of hydrogen-bond acceptors (Lipinski definition) is 3. The second kappa shape index (κ2) is 4.42. The predicted octanol–water partition coefficient (Wildman–Crippen LogP) is 2.70. The van der Waals surface area contributed by atoms with Gasteiger partial charge in [0.05, 0.1) is 10.4 Å². The number of nitrogens with two attached hydrogens (primary N) is 1. The van der Waals surface area contributed by atoms with Gasteiger partial charge in [0.25, 0.3) is 0 Å². The fourth-order valence-corrected chi connectivity index (χ4v) is 3.43. The van der Waals surface area contributed by atoms with Crippen molar-refractivity contribution < 1.29 is 4.74 Å². The fraction of sp³-hybridized carbons (Fsp3) is 0.636. The number of hydrogen-bond donors (Lipinski definition) is 1. The van der Waals surface area contributed by atoms with Crippen LogP contribution in [0.2, 0.25) is 4.34 Å². The van der Waals surface area contributed by atoms with Gasteiger partial charge in [-0.25, -0.2) is 0 Å². The van der Waals surface area contributed by atoms with Crippen molar-refractivity contribution in [3.8, 4) is 0 Å². The fourth-order valence-electron chi connectivity index (χ4n) is 2.19. The van der Waals surface area contributed by atoms with Crippen LogP contribution in [0.4, 0.5) is 0 Å². The van der Waals surface area contributed by atoms with Crippen molar-refractivity contribution in [2.45, 2.75) is 25.9 Å². The SMILES string of the molecule is CC1OCCC1(CN)Cc1ccc(Cl)s1. The van der Waals surface area contributed by atoms with E-state index in [-0.39, 0.29) is 11.5 Å². The zero-order valence-corrected chi connectivity index (χ0v) is 10.4. The molecule has 1 aliphatic rings. The minimum atomic E-state index is 0.119. The number of halogens is 1. The topological polar surface area (TPSA) is 35.2 Å². The molecule has 2 unspecified atom stereocenters. The van der Waals surface area contributed by atoms with Crippen molar-refractivity contribution in [3.63, 3.8) is 0 Å². The van der Waals surface area contributed by atoms with Crippen LogP contribution in [0.1, 0.15) is 18.2 Å². The molecule has 1 aromatic rings. The lowest BCUT2D eigenvalue weighted by atomic mass is 9.78. The van der Waals surface area contributed by atoms with E-state index in [0.717, 1.165) is 23.8 Å². The Bertz CT molecular complexity index is 341. The van der Waals surface area contributed by atoms with Gasteiger partial charge in [-0.05, 0) is 31.9 Å². The lowest BCUT2D eigenvalue weighted by Crippen LogP contribution is -2.38. The zero-order valence-electron chi connectivity index (χ0n) is 8.83. The first-order valence-corrected chi connectivity index (χ1v) is 6.42. The molecular formula is C11H16ClNOS. The Morgan fingerprint density at radius 3 is 2.93 bits per heavy atom. The standard InChI is InChI=1S/C11H16ClNOS/c1-8-11(7-13,4-5-14-8)6-9-2-3-10(12)15-9/h2-3,8H,4-7,13H2,1H3. The van der Waals surface area contributed by atoms with E-state index < -0.39 is 0 Å². The summed E-state index contributed by atoms with van der Waals surface area (Å²) in [4.78, 5) is 1.31. The maximum atomic E-state index is 5.93. The third-order valence-corrected chi connectivity index (χ3v) is 4.62. The molecule has 84 valence electrons. The Labute approximate surface area is 99.4 Å². The minimum Gasteiger partial charge on any atom is -0.378 e. The highest BCUT2D eigenvalue weighted by Gasteiger charge is 2.40. The molecule has 0 amide bonds. The number of rotatable bonds is 3. The molecular weight excluding hydrogens is 230 g/mol. The highest BCUT2D eigenvalue weighted by atomic mass is 35.5. The monoisotopic (exact) mass is 245 g/mol. The quantitative estimate of drug-likeness (QED) is 0.889. The summed E-state index contributed by atoms with van der Waals surface area (Å²) in [6.07, 6.45) is 2.30. The van der Waals surface area contributed by atoms with Crippen molar-refractivity contribution in [3.05, 3.63) is 21.3 Å². The Hall–Kier alpha value is -0.0900. The first-order chi connectivity index (χ1) is 7.16. The molecule has 1 saturated heterocycles. The molecule has 0 spiro atoms. The van der Waals surface area contributed by atoms with Crippen molar-refractivity contribution >= 4 is 22.9 Å². The van der Waals surface area contributed by atoms with E-state index >= 15 is 0 Å². The predicted molar refractivity (Wildman–Crippen MR) is 64.6 cm³/mol. The molecule has 0 saturated carbocycles. The van der Waals surface area contributed by atoms with Gasteiger partial charge >= 0.3 is 0 Å². The molecule has 0 aliphatic carbocycles. The largest absolute Gasteiger partial charge is 0.378 e. The molecule has 0 bridgehead atoms. The highest BCUT2D eigenvalue weighted by Crippen LogP contribution is 2.39. The van der Waals surface area contributed by atoms with Gasteiger partial charge in [-0.1, -0.05) is 11.6 Å². The van der Waals surface area contributed by atoms with Crippen LogP contribution in [0.3, 0.4) is 0 Å². The summed E-state index contributed by atoms with van der Waals surface area (Å²) in [5, 5.41) is 0. The molecule has 2 atom stereocenters. The lowest BCUT2D eigenvalue weighted by Gasteiger charge is -2.30. The molecule has 1 fully saturated rings. The zero-order chi connectivity index (χ0) is 10.9. The molecule has 0 radical (unpaired) electrons. The van der Waals surface area contributed by atoms with Crippen LogP contribution in [-0.4, -0.2) is 19.3 Å². The summed E-state index contributed by atoms with van der Waals surface area (Å²) in [5.74, 6) is 0. The Morgan fingerprint density at radius 2 is 2.47 bits per heavy atom. The lowest BCUT2D eigenvalue weighted by molar-refractivity contribution is 0.0677. The maximum Gasteiger partial charge on any atom is 0.0931 e. The third-order valence-electron chi connectivity index (χ3n) is 3.39. The van der Waals surface area contributed by atoms with Crippen LogP contribution in [0.5, 0.6) is 0 Å². The van der Waals surface area contributed by atoms with Crippen LogP contribution < -0.4 is 5.73 Å². The van der Waals surface area contributed by atoms with Gasteiger partial charge in [-0.3, -0.25) is 0 Å². The normalized spacial score (nSPS) is 31.0. The van der Waals surface area contributed by atoms with Crippen molar-refractivity contribution in [1.82, 2.24) is 0 Å². The Balaban J connectivity index is 2.14. The van der Waals surface area contributed by atoms with Crippen LogP contribution in [0.15, 0.2) is 12.1 Å². The van der Waals surface area contributed by atoms with E-state index in [1.807, 2.05) is 6.07 Å². The molecule has 1 aromatic heterocycles. The van der Waals surface area contributed by atoms with E-state index in [0.29, 0.717) is 6.54 Å². The van der Waals surface area contributed by atoms with Crippen LogP contribution >= 0.6 is 22.9 Å². The van der Waals surface area contributed by atoms with E-state index in [4.69, 9.17) is 22.1 Å². The summed E-state index contributed by atoms with van der Waals surface area (Å²) in [7, 11) is 0. The van der Waals surface area contributed by atoms with Gasteiger partial charge in [-0.2, -0.15) is 0 Å². The summed E-state index contributed by atoms with van der Waals surface area (Å²) < 4.78 is 6.48. The molecule has 2 N–H and O–H groups in total. The van der Waals surface area contributed by atoms with Crippen molar-refractivity contribution in [1.29, 1.82) is 0 Å². The summed E-state index contributed by atoms with van der Waals surface area (Å²) in [6, 6.07) is 4.04. The van der Waals surface area contributed by atoms with Crippen LogP contribution in [0, 0.1) is 5.41 Å². The first-order valence-electron chi connectivity index (χ1n) is 5.22. The van der Waals surface area contributed by atoms with Gasteiger partial charge in [0, 0.05) is 23.4 Å². The molecule has 2 heterocycles. The highest BCUT2D eigenvalue weighted by molar-refractivity contribution is 7.16. The number of thiophene rings is 1. The van der Waals surface area contributed by atoms with Crippen molar-refractivity contribution in [2.24, 2.45) is 11.1 Å². The van der Waals surface area contributed by atoms with E-state index in [1.165, 1.54) is 4.88 Å². The van der Waals surface area contributed by atoms with Gasteiger partial charge in [-0.15, -0.1) is 11.3 Å². The third kappa shape index (κ3) is 2.21. The van der Waals surface area contributed by atoms with Crippen molar-refractivity contribution in [2.75, 3.05) is 13.2 Å². The van der Waals surface area contributed by atoms with Crippen LogP contribution in [-0.2, 0) is 11.2 Å². The van der Waals surface area contributed by atoms with Gasteiger partial charge in [0.2, 0.25) is 0 Å². The second-order valence-corrected chi connectivity index (χ2v) is 6.01. The first kappa shape index (κ1) is 11.4. The smallest absolute Gasteiger partial charge is 0.0931 e. The van der Waals surface area contributed by atoms with E-state index in [1.54, 1.807) is 11.3 Å². The Kier molecular flexibility index (Phi) is 3.36. The van der Waals surface area contributed by atoms with E-state index in [9.17, 15) is 0 Å². The molecule has 2 rings (SSSR count). The van der Waals surface area contributed by atoms with E-state index in [2.05, 4.69) is 13.0 Å². The van der Waals surface area contributed by atoms with Gasteiger partial charge < -0.3 is 10.5 Å².